The number of rotatable bonds is 0. The summed E-state index contributed by atoms with van der Waals surface area (Å²) in [6.45, 7) is 0. The van der Waals surface area contributed by atoms with Gasteiger partial charge in [-0.2, -0.15) is 0 Å². The van der Waals surface area contributed by atoms with Gasteiger partial charge in [-0.05, 0) is 4.93 Å². The third kappa shape index (κ3) is 34.3. The Morgan fingerprint density at radius 1 is 1.17 bits per heavy atom. The molecule has 0 atom stereocenters. The van der Waals surface area contributed by atoms with Crippen LogP contribution in [0.3, 0.4) is 0 Å². The Balaban J connectivity index is 0. The maximum atomic E-state index is 4.94. The molecule has 0 bridgehead atoms. The predicted octanol–water partition coefficient (Wildman–Crippen LogP) is 3.12. The van der Waals surface area contributed by atoms with Gasteiger partial charge in [0, 0.05) is 0 Å². The molecule has 0 unspecified atom stereocenters. The molecule has 0 radical (unpaired) electrons. The summed E-state index contributed by atoms with van der Waals surface area (Å²) in [7, 11) is 14.8. The monoisotopic (exact) mass is 350 g/mol. The second kappa shape index (κ2) is 10.3. The van der Waals surface area contributed by atoms with E-state index in [0.29, 0.717) is 0 Å². The first-order chi connectivity index (χ1) is 2.73. The molecule has 0 aliphatic carbocycles. The van der Waals surface area contributed by atoms with Crippen molar-refractivity contribution in [3.05, 3.63) is 0 Å². The van der Waals surface area contributed by atoms with Crippen LogP contribution in [0.5, 0.6) is 0 Å². The van der Waals surface area contributed by atoms with Crippen molar-refractivity contribution in [1.82, 2.24) is 0 Å². The van der Waals surface area contributed by atoms with Crippen LogP contribution < -0.4 is 0 Å². The van der Waals surface area contributed by atoms with Gasteiger partial charge in [0.15, 0.2) is 0 Å². The third-order valence-electron chi connectivity index (χ3n) is 0. The summed E-state index contributed by atoms with van der Waals surface area (Å²) in [5.41, 5.74) is 0. The first-order valence-corrected chi connectivity index (χ1v) is 9.24. The summed E-state index contributed by atoms with van der Waals surface area (Å²) < 4.78 is 0. The molecular weight excluding hydrogens is 348 g/mol. The molecule has 0 nitrogen and oxygen atoms in total. The topological polar surface area (TPSA) is 0 Å². The molecular formula is CH3Cl3IRh. The zero-order chi connectivity index (χ0) is 5.58. The maximum absolute atomic E-state index is 4.94. The second-order valence-corrected chi connectivity index (χ2v) is 7.61. The second-order valence-electron chi connectivity index (χ2n) is 0.143. The summed E-state index contributed by atoms with van der Waals surface area (Å²) in [4.78, 5) is 1.97. The number of hydrogen-bond acceptors (Lipinski definition) is 0. The average molecular weight is 351 g/mol. The molecule has 6 heavy (non-hydrogen) atoms. The summed E-state index contributed by atoms with van der Waals surface area (Å²) in [5, 5.41) is 0. The number of halogens is 4. The molecule has 44 valence electrons. The van der Waals surface area contributed by atoms with Gasteiger partial charge >= 0.3 is 42.1 Å². The van der Waals surface area contributed by atoms with Gasteiger partial charge in [0.2, 0.25) is 0 Å². The molecule has 0 aliphatic rings. The van der Waals surface area contributed by atoms with Crippen LogP contribution in [0, 0.1) is 0 Å². The average Bonchev–Trinajstić information content (AvgIpc) is 1.41. The van der Waals surface area contributed by atoms with Gasteiger partial charge in [0.05, 0.1) is 0 Å². The quantitative estimate of drug-likeness (QED) is 0.357. The molecule has 0 aliphatic heterocycles. The van der Waals surface area contributed by atoms with Crippen LogP contribution in [-0.2, 0) is 13.0 Å². The van der Waals surface area contributed by atoms with Gasteiger partial charge in [0.25, 0.3) is 0 Å². The van der Waals surface area contributed by atoms with E-state index >= 15 is 0 Å². The molecule has 0 saturated carbocycles. The molecule has 0 fully saturated rings. The van der Waals surface area contributed by atoms with Gasteiger partial charge in [-0.3, -0.25) is 0 Å². The van der Waals surface area contributed by atoms with Gasteiger partial charge < -0.3 is 0 Å². The SMILES string of the molecule is CI.[Cl][Rh]([Cl])[Cl]. The first-order valence-electron chi connectivity index (χ1n) is 0.756. The van der Waals surface area contributed by atoms with Crippen LogP contribution in [0.1, 0.15) is 0 Å². The first kappa shape index (κ1) is 11.1. The van der Waals surface area contributed by atoms with E-state index in [4.69, 9.17) is 29.1 Å². The Labute approximate surface area is 68.7 Å². The van der Waals surface area contributed by atoms with Crippen molar-refractivity contribution in [2.75, 3.05) is 4.93 Å². The van der Waals surface area contributed by atoms with E-state index in [-0.39, 0.29) is 0 Å². The Kier molecular flexibility index (Phi) is 18.9. The normalized spacial score (nSPS) is 8.50. The third-order valence-corrected chi connectivity index (χ3v) is 0. The molecule has 0 rings (SSSR count). The van der Waals surface area contributed by atoms with Crippen molar-refractivity contribution in [3.8, 4) is 0 Å². The van der Waals surface area contributed by atoms with E-state index in [9.17, 15) is 0 Å². The van der Waals surface area contributed by atoms with Crippen molar-refractivity contribution in [2.45, 2.75) is 0 Å². The predicted molar refractivity (Wildman–Crippen MR) is 37.5 cm³/mol. The van der Waals surface area contributed by atoms with Crippen LogP contribution in [0.2, 0.25) is 0 Å². The van der Waals surface area contributed by atoms with E-state index < -0.39 is 13.0 Å². The van der Waals surface area contributed by atoms with Gasteiger partial charge in [0.1, 0.15) is 0 Å². The Morgan fingerprint density at radius 3 is 1.17 bits per heavy atom. The Hall–Kier alpha value is 2.22. The van der Waals surface area contributed by atoms with E-state index in [0.717, 1.165) is 0 Å². The van der Waals surface area contributed by atoms with Gasteiger partial charge in [-0.25, -0.2) is 0 Å². The van der Waals surface area contributed by atoms with E-state index in [2.05, 4.69) is 22.6 Å². The molecule has 0 aromatic rings. The standard InChI is InChI=1S/CH3I.3ClH.Rh/c1-2;;;;/h1H3;3*1H;/q;;;;+3/p-3. The van der Waals surface area contributed by atoms with Crippen molar-refractivity contribution in [3.63, 3.8) is 0 Å². The minimum absolute atomic E-state index is 1.66. The number of alkyl halides is 1. The molecule has 0 aromatic carbocycles. The fraction of sp³-hybridized carbons (Fsp3) is 1.00. The summed E-state index contributed by atoms with van der Waals surface area (Å²) in [6, 6.07) is 0. The summed E-state index contributed by atoms with van der Waals surface area (Å²) >= 11 is 0.490. The van der Waals surface area contributed by atoms with Crippen LogP contribution in [0.15, 0.2) is 0 Å². The van der Waals surface area contributed by atoms with Gasteiger partial charge in [-0.1, -0.05) is 22.6 Å². The summed E-state index contributed by atoms with van der Waals surface area (Å²) in [5.74, 6) is 0. The zero-order valence-corrected chi connectivity index (χ0v) is 8.91. The molecule has 0 N–H and O–H groups in total. The van der Waals surface area contributed by atoms with E-state index in [1.165, 1.54) is 0 Å². The van der Waals surface area contributed by atoms with Crippen molar-refractivity contribution in [2.24, 2.45) is 0 Å². The fourth-order valence-corrected chi connectivity index (χ4v) is 0. The van der Waals surface area contributed by atoms with Crippen molar-refractivity contribution >= 4 is 51.7 Å². The van der Waals surface area contributed by atoms with Crippen LogP contribution in [0.4, 0.5) is 0 Å². The van der Waals surface area contributed by atoms with Crippen LogP contribution >= 0.6 is 51.7 Å². The zero-order valence-electron chi connectivity index (χ0n) is 2.85. The molecule has 5 heteroatoms. The van der Waals surface area contributed by atoms with Crippen molar-refractivity contribution < 1.29 is 13.0 Å². The number of hydrogen-bond donors (Lipinski definition) is 0. The molecule has 0 saturated heterocycles. The molecule has 0 aromatic heterocycles. The van der Waals surface area contributed by atoms with E-state index in [1.54, 1.807) is 0 Å². The molecule has 0 amide bonds. The minimum atomic E-state index is -1.66. The van der Waals surface area contributed by atoms with Crippen LogP contribution in [0.25, 0.3) is 0 Å². The Morgan fingerprint density at radius 2 is 1.17 bits per heavy atom. The van der Waals surface area contributed by atoms with Crippen LogP contribution in [-0.4, -0.2) is 4.93 Å². The van der Waals surface area contributed by atoms with Gasteiger partial charge in [-0.15, -0.1) is 0 Å². The Bertz CT molecular complexity index is 15.5. The van der Waals surface area contributed by atoms with E-state index in [1.807, 2.05) is 4.93 Å². The molecule has 0 heterocycles. The van der Waals surface area contributed by atoms with Crippen molar-refractivity contribution in [1.29, 1.82) is 0 Å². The molecule has 0 spiro atoms. The fourth-order valence-electron chi connectivity index (χ4n) is 0. The summed E-state index contributed by atoms with van der Waals surface area (Å²) in [6.07, 6.45) is 0.